The number of alkyl carbamates (subject to hydrolysis) is 1. The van der Waals surface area contributed by atoms with Gasteiger partial charge in [0.15, 0.2) is 0 Å². The maximum absolute atomic E-state index is 12.0. The Balaban J connectivity index is 1.69. The zero-order valence-electron chi connectivity index (χ0n) is 14.1. The van der Waals surface area contributed by atoms with Crippen LogP contribution < -0.4 is 5.32 Å². The maximum atomic E-state index is 12.0. The normalized spacial score (nSPS) is 13.6. The van der Waals surface area contributed by atoms with Crippen molar-refractivity contribution in [1.82, 2.24) is 5.32 Å². The van der Waals surface area contributed by atoms with E-state index in [9.17, 15) is 9.59 Å². The highest BCUT2D eigenvalue weighted by atomic mass is 16.5. The van der Waals surface area contributed by atoms with E-state index in [2.05, 4.69) is 29.6 Å². The second kappa shape index (κ2) is 7.38. The third-order valence-corrected chi connectivity index (χ3v) is 4.58. The first-order valence-corrected chi connectivity index (χ1v) is 8.43. The Morgan fingerprint density at radius 1 is 1.08 bits per heavy atom. The summed E-state index contributed by atoms with van der Waals surface area (Å²) in [5.74, 6) is -0.941. The number of carboxylic acids is 1. The average molecular weight is 339 g/mol. The van der Waals surface area contributed by atoms with Crippen LogP contribution in [0.2, 0.25) is 0 Å². The third-order valence-electron chi connectivity index (χ3n) is 4.58. The van der Waals surface area contributed by atoms with E-state index in [-0.39, 0.29) is 18.9 Å². The van der Waals surface area contributed by atoms with Crippen LogP contribution in [0.15, 0.2) is 48.5 Å². The Morgan fingerprint density at radius 3 is 2.16 bits per heavy atom. The number of ether oxygens (including phenoxy) is 1. The Morgan fingerprint density at radius 2 is 1.64 bits per heavy atom. The molecule has 0 heterocycles. The molecular formula is C20H21NO4. The minimum absolute atomic E-state index is 0.00213. The van der Waals surface area contributed by atoms with Gasteiger partial charge in [0, 0.05) is 12.0 Å². The van der Waals surface area contributed by atoms with E-state index >= 15 is 0 Å². The van der Waals surface area contributed by atoms with Gasteiger partial charge in [-0.1, -0.05) is 55.5 Å². The molecule has 1 atom stereocenters. The molecule has 2 N–H and O–H groups in total. The molecule has 2 aromatic rings. The average Bonchev–Trinajstić information content (AvgIpc) is 2.93. The minimum Gasteiger partial charge on any atom is -0.481 e. The Kier molecular flexibility index (Phi) is 5.03. The van der Waals surface area contributed by atoms with E-state index in [1.807, 2.05) is 31.2 Å². The van der Waals surface area contributed by atoms with Crippen molar-refractivity contribution in [1.29, 1.82) is 0 Å². The molecule has 5 heteroatoms. The zero-order chi connectivity index (χ0) is 17.8. The van der Waals surface area contributed by atoms with Crippen molar-refractivity contribution >= 4 is 12.1 Å². The second-order valence-corrected chi connectivity index (χ2v) is 6.17. The van der Waals surface area contributed by atoms with Gasteiger partial charge in [-0.25, -0.2) is 4.79 Å². The molecule has 3 rings (SSSR count). The van der Waals surface area contributed by atoms with Gasteiger partial charge in [-0.15, -0.1) is 0 Å². The lowest BCUT2D eigenvalue weighted by molar-refractivity contribution is -0.137. The van der Waals surface area contributed by atoms with Crippen molar-refractivity contribution in [3.63, 3.8) is 0 Å². The summed E-state index contributed by atoms with van der Waals surface area (Å²) >= 11 is 0. The van der Waals surface area contributed by atoms with Gasteiger partial charge >= 0.3 is 12.1 Å². The number of rotatable bonds is 6. The van der Waals surface area contributed by atoms with E-state index < -0.39 is 18.1 Å². The summed E-state index contributed by atoms with van der Waals surface area (Å²) < 4.78 is 5.41. The van der Waals surface area contributed by atoms with Gasteiger partial charge in [-0.2, -0.15) is 0 Å². The molecule has 0 radical (unpaired) electrons. The molecular weight excluding hydrogens is 318 g/mol. The Labute approximate surface area is 146 Å². The van der Waals surface area contributed by atoms with E-state index in [0.29, 0.717) is 6.42 Å². The van der Waals surface area contributed by atoms with Crippen LogP contribution in [0.1, 0.15) is 36.8 Å². The summed E-state index contributed by atoms with van der Waals surface area (Å²) in [6, 6.07) is 15.8. The van der Waals surface area contributed by atoms with Gasteiger partial charge in [-0.3, -0.25) is 4.79 Å². The fourth-order valence-corrected chi connectivity index (χ4v) is 3.31. The summed E-state index contributed by atoms with van der Waals surface area (Å²) in [6.45, 7) is 2.06. The standard InChI is InChI=1S/C20H21NO4/c1-2-13(11-19(22)23)21-20(24)25-12-18-16-9-5-3-7-14(16)15-8-4-6-10-17(15)18/h3-10,13,18H,2,11-12H2,1H3,(H,21,24)(H,22,23)/t13-/m1/s1. The first-order chi connectivity index (χ1) is 12.1. The number of carboxylic acid groups (broad SMARTS) is 1. The smallest absolute Gasteiger partial charge is 0.407 e. The molecule has 0 spiro atoms. The number of carbonyl (C=O) groups is 2. The molecule has 0 saturated heterocycles. The van der Waals surface area contributed by atoms with Gasteiger partial charge in [0.1, 0.15) is 6.61 Å². The van der Waals surface area contributed by atoms with Crippen LogP contribution in [-0.4, -0.2) is 29.8 Å². The maximum Gasteiger partial charge on any atom is 0.407 e. The molecule has 0 unspecified atom stereocenters. The quantitative estimate of drug-likeness (QED) is 0.840. The molecule has 130 valence electrons. The van der Waals surface area contributed by atoms with Crippen LogP contribution in [0.4, 0.5) is 4.79 Å². The van der Waals surface area contributed by atoms with E-state index in [1.54, 1.807) is 0 Å². The molecule has 0 aliphatic heterocycles. The van der Waals surface area contributed by atoms with Crippen LogP contribution in [0.25, 0.3) is 11.1 Å². The van der Waals surface area contributed by atoms with Crippen LogP contribution in [0, 0.1) is 0 Å². The number of aliphatic carboxylic acids is 1. The SMILES string of the molecule is CC[C@H](CC(=O)O)NC(=O)OCC1c2ccccc2-c2ccccc21. The van der Waals surface area contributed by atoms with Crippen molar-refractivity contribution in [3.05, 3.63) is 59.7 Å². The highest BCUT2D eigenvalue weighted by Gasteiger charge is 2.29. The van der Waals surface area contributed by atoms with Crippen LogP contribution >= 0.6 is 0 Å². The summed E-state index contributed by atoms with van der Waals surface area (Å²) in [5, 5.41) is 11.5. The van der Waals surface area contributed by atoms with Crippen molar-refractivity contribution in [2.75, 3.05) is 6.61 Å². The molecule has 0 fully saturated rings. The lowest BCUT2D eigenvalue weighted by Gasteiger charge is -2.17. The molecule has 5 nitrogen and oxygen atoms in total. The van der Waals surface area contributed by atoms with Crippen molar-refractivity contribution in [2.24, 2.45) is 0 Å². The molecule has 1 amide bonds. The lowest BCUT2D eigenvalue weighted by Crippen LogP contribution is -2.37. The van der Waals surface area contributed by atoms with E-state index in [1.165, 1.54) is 11.1 Å². The van der Waals surface area contributed by atoms with Gasteiger partial charge in [0.25, 0.3) is 0 Å². The molecule has 0 aromatic heterocycles. The third kappa shape index (κ3) is 3.65. The Bertz CT molecular complexity index is 741. The van der Waals surface area contributed by atoms with Gasteiger partial charge < -0.3 is 15.2 Å². The number of amides is 1. The number of nitrogens with one attached hydrogen (secondary N) is 1. The Hall–Kier alpha value is -2.82. The van der Waals surface area contributed by atoms with Gasteiger partial charge in [0.2, 0.25) is 0 Å². The van der Waals surface area contributed by atoms with Gasteiger partial charge in [-0.05, 0) is 28.7 Å². The van der Waals surface area contributed by atoms with Crippen LogP contribution in [0.5, 0.6) is 0 Å². The molecule has 2 aromatic carbocycles. The van der Waals surface area contributed by atoms with Crippen molar-refractivity contribution in [3.8, 4) is 11.1 Å². The lowest BCUT2D eigenvalue weighted by atomic mass is 9.98. The summed E-state index contributed by atoms with van der Waals surface area (Å²) in [4.78, 5) is 22.8. The number of fused-ring (bicyclic) bond motifs is 3. The first-order valence-electron chi connectivity index (χ1n) is 8.43. The number of hydrogen-bond acceptors (Lipinski definition) is 3. The fourth-order valence-electron chi connectivity index (χ4n) is 3.31. The topological polar surface area (TPSA) is 75.6 Å². The summed E-state index contributed by atoms with van der Waals surface area (Å²) in [6.07, 6.45) is -0.146. The van der Waals surface area contributed by atoms with E-state index in [4.69, 9.17) is 9.84 Å². The molecule has 1 aliphatic carbocycles. The van der Waals surface area contributed by atoms with Crippen molar-refractivity contribution < 1.29 is 19.4 Å². The van der Waals surface area contributed by atoms with Gasteiger partial charge in [0.05, 0.1) is 6.42 Å². The monoisotopic (exact) mass is 339 g/mol. The highest BCUT2D eigenvalue weighted by Crippen LogP contribution is 2.44. The molecule has 0 bridgehead atoms. The molecule has 1 aliphatic rings. The predicted molar refractivity (Wildman–Crippen MR) is 94.5 cm³/mol. The first kappa shape index (κ1) is 17.0. The zero-order valence-corrected chi connectivity index (χ0v) is 14.1. The minimum atomic E-state index is -0.939. The summed E-state index contributed by atoms with van der Waals surface area (Å²) in [7, 11) is 0. The van der Waals surface area contributed by atoms with E-state index in [0.717, 1.165) is 11.1 Å². The number of hydrogen-bond donors (Lipinski definition) is 2. The van der Waals surface area contributed by atoms with Crippen molar-refractivity contribution in [2.45, 2.75) is 31.7 Å². The predicted octanol–water partition coefficient (Wildman–Crippen LogP) is 3.78. The molecule has 0 saturated carbocycles. The van der Waals surface area contributed by atoms with Crippen LogP contribution in [0.3, 0.4) is 0 Å². The highest BCUT2D eigenvalue weighted by molar-refractivity contribution is 5.79. The number of carbonyl (C=O) groups excluding carboxylic acids is 1. The fraction of sp³-hybridized carbons (Fsp3) is 0.300. The van der Waals surface area contributed by atoms with Crippen LogP contribution in [-0.2, 0) is 9.53 Å². The largest absolute Gasteiger partial charge is 0.481 e. The number of benzene rings is 2. The summed E-state index contributed by atoms with van der Waals surface area (Å²) in [5.41, 5.74) is 4.64. The second-order valence-electron chi connectivity index (χ2n) is 6.17. The molecule has 25 heavy (non-hydrogen) atoms.